The Bertz CT molecular complexity index is 292. The third-order valence-electron chi connectivity index (χ3n) is 2.64. The monoisotopic (exact) mass is 190 g/mol. The fourth-order valence-electron chi connectivity index (χ4n) is 1.65. The first-order valence-corrected chi connectivity index (χ1v) is 4.91. The number of aromatic nitrogens is 1. The quantitative estimate of drug-likeness (QED) is 0.597. The predicted molar refractivity (Wildman–Crippen MR) is 61.0 cm³/mol. The van der Waals surface area contributed by atoms with Crippen LogP contribution in [-0.2, 0) is 0 Å². The van der Waals surface area contributed by atoms with Gasteiger partial charge in [0.2, 0.25) is 0 Å². The maximum absolute atomic E-state index is 5.54. The smallest absolute Gasteiger partial charge is 0.185 e. The number of anilines is 2. The molecule has 0 saturated carbocycles. The number of hydrogen-bond donors (Lipinski definition) is 1. The minimum atomic E-state index is 0.586. The molecule has 0 spiro atoms. The molecule has 1 aliphatic heterocycles. The summed E-state index contributed by atoms with van der Waals surface area (Å²) in [5.41, 5.74) is 6.71. The van der Waals surface area contributed by atoms with E-state index in [4.69, 9.17) is 5.73 Å². The zero-order chi connectivity index (χ0) is 9.97. The first-order valence-electron chi connectivity index (χ1n) is 4.91. The average Bonchev–Trinajstić information content (AvgIpc) is 2.21. The van der Waals surface area contributed by atoms with E-state index in [1.165, 1.54) is 5.69 Å². The molecule has 14 heavy (non-hydrogen) atoms. The van der Waals surface area contributed by atoms with Gasteiger partial charge >= 0.3 is 0 Å². The van der Waals surface area contributed by atoms with Gasteiger partial charge in [-0.2, -0.15) is 0 Å². The van der Waals surface area contributed by atoms with E-state index in [0.29, 0.717) is 5.82 Å². The average molecular weight is 190 g/mol. The van der Waals surface area contributed by atoms with E-state index in [1.54, 1.807) is 0 Å². The van der Waals surface area contributed by atoms with Crippen molar-refractivity contribution in [2.45, 2.75) is 0 Å². The maximum Gasteiger partial charge on any atom is 0.185 e. The van der Waals surface area contributed by atoms with Crippen LogP contribution in [0.2, 0.25) is 0 Å². The summed E-state index contributed by atoms with van der Waals surface area (Å²) in [6.07, 6.45) is 1.85. The molecule has 1 saturated heterocycles. The highest BCUT2D eigenvalue weighted by molar-refractivity contribution is 6.04. The van der Waals surface area contributed by atoms with Crippen LogP contribution < -0.4 is 10.6 Å². The summed E-state index contributed by atoms with van der Waals surface area (Å²) in [6, 6.07) is 3.89. The van der Waals surface area contributed by atoms with Crippen LogP contribution >= 0.6 is 0 Å². The Morgan fingerprint density at radius 3 is 2.50 bits per heavy atom. The molecule has 0 unspecified atom stereocenters. The lowest BCUT2D eigenvalue weighted by Crippen LogP contribution is -2.45. The van der Waals surface area contributed by atoms with Crippen molar-refractivity contribution >= 4 is 19.5 Å². The Morgan fingerprint density at radius 1 is 1.21 bits per heavy atom. The van der Waals surface area contributed by atoms with E-state index in [-0.39, 0.29) is 0 Å². The largest absolute Gasteiger partial charge is 0.384 e. The van der Waals surface area contributed by atoms with Crippen LogP contribution in [0.15, 0.2) is 18.3 Å². The molecule has 1 aromatic rings. The lowest BCUT2D eigenvalue weighted by Gasteiger charge is -2.34. The number of rotatable bonds is 1. The normalized spacial score (nSPS) is 18.4. The van der Waals surface area contributed by atoms with E-state index in [0.717, 1.165) is 26.2 Å². The number of nitrogens with two attached hydrogens (primary N) is 1. The molecular formula is C9H15BN4. The summed E-state index contributed by atoms with van der Waals surface area (Å²) in [6.45, 7) is 4.37. The first kappa shape index (κ1) is 9.33. The van der Waals surface area contributed by atoms with E-state index in [2.05, 4.69) is 22.7 Å². The molecule has 74 valence electrons. The fourth-order valence-corrected chi connectivity index (χ4v) is 1.65. The van der Waals surface area contributed by atoms with E-state index in [1.807, 2.05) is 18.3 Å². The summed E-state index contributed by atoms with van der Waals surface area (Å²) >= 11 is 0. The molecule has 0 radical (unpaired) electrons. The van der Waals surface area contributed by atoms with Gasteiger partial charge in [-0.3, -0.25) is 0 Å². The SMILES string of the molecule is BN1CCN(c2ccc(N)nc2)CC1. The van der Waals surface area contributed by atoms with Crippen LogP contribution in [0.3, 0.4) is 0 Å². The highest BCUT2D eigenvalue weighted by Crippen LogP contribution is 2.15. The summed E-state index contributed by atoms with van der Waals surface area (Å²) in [5, 5.41) is 0. The second kappa shape index (κ2) is 3.88. The highest BCUT2D eigenvalue weighted by atomic mass is 15.2. The molecule has 2 N–H and O–H groups in total. The van der Waals surface area contributed by atoms with Gasteiger partial charge in [0.25, 0.3) is 0 Å². The number of hydrogen-bond acceptors (Lipinski definition) is 4. The van der Waals surface area contributed by atoms with Crippen molar-refractivity contribution in [1.82, 2.24) is 9.79 Å². The molecule has 5 heteroatoms. The lowest BCUT2D eigenvalue weighted by atomic mass is 10.2. The molecule has 0 atom stereocenters. The number of pyridine rings is 1. The van der Waals surface area contributed by atoms with Crippen LogP contribution in [0.5, 0.6) is 0 Å². The third kappa shape index (κ3) is 1.98. The summed E-state index contributed by atoms with van der Waals surface area (Å²) in [5.74, 6) is 0.586. The van der Waals surface area contributed by atoms with E-state index >= 15 is 0 Å². The van der Waals surface area contributed by atoms with Crippen molar-refractivity contribution in [2.24, 2.45) is 0 Å². The zero-order valence-electron chi connectivity index (χ0n) is 8.48. The Balaban J connectivity index is 2.05. The molecule has 1 aliphatic rings. The zero-order valence-corrected chi connectivity index (χ0v) is 8.48. The van der Waals surface area contributed by atoms with Crippen LogP contribution in [-0.4, -0.2) is 44.0 Å². The van der Waals surface area contributed by atoms with Gasteiger partial charge in [-0.05, 0) is 12.1 Å². The Morgan fingerprint density at radius 2 is 1.93 bits per heavy atom. The summed E-state index contributed by atoms with van der Waals surface area (Å²) in [4.78, 5) is 8.77. The molecule has 4 nitrogen and oxygen atoms in total. The van der Waals surface area contributed by atoms with Crippen LogP contribution in [0, 0.1) is 0 Å². The number of nitrogens with zero attached hydrogens (tertiary/aromatic N) is 3. The highest BCUT2D eigenvalue weighted by Gasteiger charge is 2.13. The van der Waals surface area contributed by atoms with Gasteiger partial charge in [0.1, 0.15) is 5.82 Å². The van der Waals surface area contributed by atoms with E-state index < -0.39 is 0 Å². The molecule has 1 fully saturated rings. The standard InChI is InChI=1S/C9H15BN4/c10-14-5-3-13(4-6-14)8-1-2-9(11)12-7-8/h1-2,7H,3-6,10H2,(H2,11,12). The minimum absolute atomic E-state index is 0.586. The minimum Gasteiger partial charge on any atom is -0.384 e. The molecule has 0 aromatic carbocycles. The number of piperazine rings is 1. The van der Waals surface area contributed by atoms with Gasteiger partial charge in [0.15, 0.2) is 7.98 Å². The van der Waals surface area contributed by atoms with Gasteiger partial charge in [-0.25, -0.2) is 4.98 Å². The van der Waals surface area contributed by atoms with Crippen LogP contribution in [0.4, 0.5) is 11.5 Å². The second-order valence-electron chi connectivity index (χ2n) is 3.73. The second-order valence-corrected chi connectivity index (χ2v) is 3.73. The molecule has 2 heterocycles. The van der Waals surface area contributed by atoms with Crippen molar-refractivity contribution in [3.05, 3.63) is 18.3 Å². The summed E-state index contributed by atoms with van der Waals surface area (Å²) in [7, 11) is 2.15. The van der Waals surface area contributed by atoms with Crippen molar-refractivity contribution in [1.29, 1.82) is 0 Å². The fraction of sp³-hybridized carbons (Fsp3) is 0.444. The Kier molecular flexibility index (Phi) is 2.59. The molecule has 0 amide bonds. The molecule has 1 aromatic heterocycles. The molecular weight excluding hydrogens is 175 g/mol. The summed E-state index contributed by atoms with van der Waals surface area (Å²) < 4.78 is 0. The van der Waals surface area contributed by atoms with Crippen molar-refractivity contribution in [3.63, 3.8) is 0 Å². The van der Waals surface area contributed by atoms with Gasteiger partial charge < -0.3 is 15.4 Å². The predicted octanol–water partition coefficient (Wildman–Crippen LogP) is -0.666. The number of nitrogen functional groups attached to an aromatic ring is 1. The van der Waals surface area contributed by atoms with E-state index in [9.17, 15) is 0 Å². The van der Waals surface area contributed by atoms with Gasteiger partial charge in [0.05, 0.1) is 11.9 Å². The molecule has 0 aliphatic carbocycles. The van der Waals surface area contributed by atoms with Gasteiger partial charge in [0, 0.05) is 26.2 Å². The molecule has 0 bridgehead atoms. The topological polar surface area (TPSA) is 45.4 Å². The Hall–Kier alpha value is -1.23. The lowest BCUT2D eigenvalue weighted by molar-refractivity contribution is 0.415. The van der Waals surface area contributed by atoms with Gasteiger partial charge in [-0.1, -0.05) is 0 Å². The first-order chi connectivity index (χ1) is 6.75. The van der Waals surface area contributed by atoms with Crippen LogP contribution in [0.25, 0.3) is 0 Å². The van der Waals surface area contributed by atoms with Gasteiger partial charge in [-0.15, -0.1) is 0 Å². The van der Waals surface area contributed by atoms with Crippen molar-refractivity contribution in [3.8, 4) is 0 Å². The van der Waals surface area contributed by atoms with Crippen molar-refractivity contribution < 1.29 is 0 Å². The maximum atomic E-state index is 5.54. The van der Waals surface area contributed by atoms with Crippen LogP contribution in [0.1, 0.15) is 0 Å². The van der Waals surface area contributed by atoms with Crippen molar-refractivity contribution in [2.75, 3.05) is 36.8 Å². The Labute approximate surface area is 85.1 Å². The third-order valence-corrected chi connectivity index (χ3v) is 2.64. The molecule has 2 rings (SSSR count).